The van der Waals surface area contributed by atoms with Gasteiger partial charge in [-0.05, 0) is 281 Å². The molecule has 0 fully saturated rings. The van der Waals surface area contributed by atoms with Crippen molar-refractivity contribution in [2.45, 2.75) is 199 Å². The number of alkyl halides is 9. The van der Waals surface area contributed by atoms with E-state index in [2.05, 4.69) is 402 Å². The third-order valence-electron chi connectivity index (χ3n) is 22.8. The van der Waals surface area contributed by atoms with Crippen LogP contribution in [0.2, 0.25) is 0 Å². The van der Waals surface area contributed by atoms with Crippen LogP contribution in [0.15, 0.2) is 567 Å². The van der Waals surface area contributed by atoms with Gasteiger partial charge >= 0.3 is 16.5 Å². The van der Waals surface area contributed by atoms with E-state index < -0.39 is 49.2 Å². The molecule has 1 aliphatic rings. The van der Waals surface area contributed by atoms with Crippen molar-refractivity contribution in [1.82, 2.24) is 0 Å². The van der Waals surface area contributed by atoms with Crippen molar-refractivity contribution < 1.29 is 44.3 Å². The molecule has 2 nitrogen and oxygen atoms in total. The summed E-state index contributed by atoms with van der Waals surface area (Å²) in [6, 6.07) is 158. The van der Waals surface area contributed by atoms with Crippen LogP contribution in [-0.2, 0) is 87.1 Å². The van der Waals surface area contributed by atoms with E-state index in [4.69, 9.17) is 4.74 Å². The maximum Gasteiger partial charge on any atom is 0.586 e. The van der Waals surface area contributed by atoms with Gasteiger partial charge in [0.25, 0.3) is 0 Å². The summed E-state index contributed by atoms with van der Waals surface area (Å²) in [4.78, 5) is 18.2. The van der Waals surface area contributed by atoms with Gasteiger partial charge in [-0.3, -0.25) is 0 Å². The molecular formula is C126H119F9NOS7+7. The van der Waals surface area contributed by atoms with Gasteiger partial charge in [0.15, 0.2) is 121 Å². The summed E-state index contributed by atoms with van der Waals surface area (Å²) in [7, 11) is -4.34. The Kier molecular flexibility index (Phi) is 38.7. The van der Waals surface area contributed by atoms with E-state index in [1.165, 1.54) is 136 Å². The molecular weight excluding hydrogens is 1940 g/mol. The van der Waals surface area contributed by atoms with Crippen molar-refractivity contribution in [2.75, 3.05) is 12.4 Å². The molecule has 1 N–H and O–H groups in total. The zero-order chi connectivity index (χ0) is 103. The van der Waals surface area contributed by atoms with Crippen molar-refractivity contribution >= 4 is 87.6 Å². The Morgan fingerprint density at radius 1 is 0.215 bits per heavy atom. The number of hydrogen-bond acceptors (Lipinski definition) is 2. The number of nitrogens with one attached hydrogen (secondary N) is 1. The molecule has 0 saturated carbocycles. The predicted molar refractivity (Wildman–Crippen MR) is 590 cm³/mol. The van der Waals surface area contributed by atoms with Gasteiger partial charge in [0.05, 0.1) is 51.2 Å². The molecule has 0 bridgehead atoms. The zero-order valence-corrected chi connectivity index (χ0v) is 88.5. The van der Waals surface area contributed by atoms with Crippen LogP contribution in [0.25, 0.3) is 0 Å². The summed E-state index contributed by atoms with van der Waals surface area (Å²) < 4.78 is 126. The molecule has 0 radical (unpaired) electrons. The van der Waals surface area contributed by atoms with Gasteiger partial charge in [-0.1, -0.05) is 325 Å². The number of fused-ring (bicyclic) bond motifs is 2. The summed E-state index contributed by atoms with van der Waals surface area (Å²) in [5.74, 6) is 0.637. The zero-order valence-electron chi connectivity index (χ0n) is 82.8. The molecule has 0 spiro atoms. The lowest BCUT2D eigenvalue weighted by Gasteiger charge is -2.20. The first kappa shape index (κ1) is 109. The third kappa shape index (κ3) is 30.3. The Morgan fingerprint density at radius 2 is 0.403 bits per heavy atom. The summed E-state index contributed by atoms with van der Waals surface area (Å²) in [5, 5.41) is 3.55. The Hall–Kier alpha value is -12.6. The van der Waals surface area contributed by atoms with Gasteiger partial charge < -0.3 is 10.1 Å². The largest absolute Gasteiger partial charge is 0.586 e. The highest BCUT2D eigenvalue weighted by atomic mass is 32.2. The number of ether oxygens (including phenoxy) is 1. The van der Waals surface area contributed by atoms with E-state index >= 15 is 0 Å². The second-order valence-corrected chi connectivity index (χ2v) is 49.9. The molecule has 0 aromatic heterocycles. The Labute approximate surface area is 865 Å². The van der Waals surface area contributed by atoms with Crippen LogP contribution >= 0.6 is 0 Å². The average molecular weight is 2060 g/mol. The van der Waals surface area contributed by atoms with Crippen LogP contribution in [0.1, 0.15) is 86.1 Å². The molecule has 0 amide bonds. The van der Waals surface area contributed by atoms with E-state index in [0.717, 1.165) is 11.1 Å². The first-order chi connectivity index (χ1) is 69.1. The van der Waals surface area contributed by atoms with Crippen molar-refractivity contribution in [3.63, 3.8) is 0 Å². The van der Waals surface area contributed by atoms with E-state index in [1.54, 1.807) is 105 Å². The van der Waals surface area contributed by atoms with E-state index in [-0.39, 0.29) is 64.2 Å². The molecule has 1 aliphatic heterocycles. The van der Waals surface area contributed by atoms with Gasteiger partial charge in [-0.25, -0.2) is 0 Å². The average Bonchev–Trinajstić information content (AvgIpc) is 0.764. The molecule has 18 aromatic carbocycles. The normalized spacial score (nSPS) is 12.0. The van der Waals surface area contributed by atoms with Crippen molar-refractivity contribution in [3.05, 3.63) is 524 Å². The number of para-hydroxylation sites is 2. The molecule has 732 valence electrons. The monoisotopic (exact) mass is 2060 g/mol. The number of benzene rings is 18. The van der Waals surface area contributed by atoms with E-state index in [1.807, 2.05) is 24.3 Å². The number of aryl methyl sites for hydroxylation is 6. The molecule has 19 rings (SSSR count). The quantitative estimate of drug-likeness (QED) is 0.0725. The molecule has 0 saturated heterocycles. The topological polar surface area (TPSA) is 21.3 Å². The lowest BCUT2D eigenvalue weighted by atomic mass is 9.87. The molecule has 18 aromatic rings. The summed E-state index contributed by atoms with van der Waals surface area (Å²) in [6.45, 7) is 24.4. The second-order valence-electron chi connectivity index (χ2n) is 35.8. The highest BCUT2D eigenvalue weighted by molar-refractivity contribution is 7.99. The minimum atomic E-state index is -4.31. The Morgan fingerprint density at radius 3 is 0.625 bits per heavy atom. The maximum absolute atomic E-state index is 13.8. The second kappa shape index (κ2) is 51.2. The van der Waals surface area contributed by atoms with Gasteiger partial charge in [0.1, 0.15) is 16.6 Å². The summed E-state index contributed by atoms with van der Waals surface area (Å²) in [6.07, 6.45) is 0. The third-order valence-corrected chi connectivity index (χ3v) is 37.6. The highest BCUT2D eigenvalue weighted by Crippen LogP contribution is 2.47. The van der Waals surface area contributed by atoms with Crippen molar-refractivity contribution in [1.29, 1.82) is 0 Å². The minimum absolute atomic E-state index is 0.0146. The first-order valence-electron chi connectivity index (χ1n) is 47.0. The van der Waals surface area contributed by atoms with Gasteiger partial charge in [0, 0.05) is 12.1 Å². The van der Waals surface area contributed by atoms with Crippen LogP contribution in [0.5, 0.6) is 5.75 Å². The van der Waals surface area contributed by atoms with Gasteiger partial charge in [-0.15, -0.1) is 39.5 Å². The molecule has 1 atom stereocenters. The van der Waals surface area contributed by atoms with Crippen LogP contribution in [-0.4, -0.2) is 23.6 Å². The van der Waals surface area contributed by atoms with Crippen LogP contribution in [0.4, 0.5) is 50.9 Å². The fraction of sp³-hybridized carbons (Fsp3) is 0.143. The van der Waals surface area contributed by atoms with Gasteiger partial charge in [-0.2, -0.15) is 0 Å². The number of anilines is 2. The lowest BCUT2D eigenvalue weighted by Crippen LogP contribution is -2.24. The maximum atomic E-state index is 13.8. The van der Waals surface area contributed by atoms with E-state index in [0.29, 0.717) is 36.5 Å². The molecule has 144 heavy (non-hydrogen) atoms. The first-order valence-corrected chi connectivity index (χ1v) is 55.6. The lowest BCUT2D eigenvalue weighted by molar-refractivity contribution is -0.0379. The highest BCUT2D eigenvalue weighted by Gasteiger charge is 2.57. The standard InChI is InChI=1S/C21H26F3S.C21H21S.C19H17S.C18H14NS.C18H15S.C16H16F3OS.C13H10F3S/c1-19(2,3)15-7-11-17(12-8-15)25(21(22,23)24)18-13-9-16(10-14-18)20(4,5)6;1-16-4-10-19(11-5-16)22(20-12-6-17(2)7-13-20)21-14-8-18(3)9-15-21;1-16-12-14-19(15-13-16)20(17-8-4-2-5-9-17)18-10-6-3-7-11-18;1-2-8-14(9-3-1)20-17-12-6-4-10-15(17)19-16-11-5-7-13-18(16)20;1-4-10-16(11-5-1)19(17-12-6-2-7-13-17)18-14-8-3-9-15-18;1-11-9-14(10-12(2)15(11)20-3)21(16(17,18)19)13-7-5-4-6-8-13;14-13(15,16)17(11-7-3-1-4-8-11)12-9-5-2-6-10-12/h7-14H,1-6H3;4-15H,1-3H3;2-15H,1H3;1-13,19H;1-15H;4-10H,1-3H3;1-10H/q7*+1. The molecule has 18 heteroatoms. The smallest absolute Gasteiger partial charge is 0.496 e. The Balaban J connectivity index is 0.000000141. The summed E-state index contributed by atoms with van der Waals surface area (Å²) in [5.41, 5.74) is -1.86. The fourth-order valence-corrected chi connectivity index (χ4v) is 29.3. The number of hydrogen-bond donors (Lipinski definition) is 1. The minimum Gasteiger partial charge on any atom is -0.496 e. The Bertz CT molecular complexity index is 6530. The molecule has 0 aliphatic carbocycles. The van der Waals surface area contributed by atoms with Crippen LogP contribution in [0.3, 0.4) is 0 Å². The number of rotatable bonds is 17. The number of methoxy groups -OCH3 is 1. The van der Waals surface area contributed by atoms with E-state index in [9.17, 15) is 39.5 Å². The van der Waals surface area contributed by atoms with Crippen molar-refractivity contribution in [3.8, 4) is 5.75 Å². The SMILES string of the molecule is CC(C)(C)c1ccc([S+](c2ccc(C(C)(C)C)cc2)C(F)(F)F)cc1.COc1c(C)cc([S+](c2ccccc2)C(F)(F)F)cc1C.Cc1ccc([S+](c2ccc(C)cc2)c2ccc(C)cc2)cc1.Cc1ccc([S+](c2ccccc2)c2ccccc2)cc1.FC(F)(F)[S+](c1ccccc1)c1ccccc1.c1ccc([S+](c2ccccc2)c2ccccc2)cc1.c1ccc([S+]2c3ccccc3Nc3ccccc32)cc1. The molecule has 1 unspecified atom stereocenters. The van der Waals surface area contributed by atoms with Crippen LogP contribution < -0.4 is 10.1 Å². The van der Waals surface area contributed by atoms with Gasteiger partial charge in [0.2, 0.25) is 0 Å². The fourth-order valence-electron chi connectivity index (χ4n) is 15.7. The number of halogens is 9. The molecule has 1 heterocycles. The van der Waals surface area contributed by atoms with Crippen molar-refractivity contribution in [2.24, 2.45) is 0 Å². The summed E-state index contributed by atoms with van der Waals surface area (Å²) >= 11 is 0. The predicted octanol–water partition coefficient (Wildman–Crippen LogP) is 36.4. The van der Waals surface area contributed by atoms with Crippen LogP contribution in [0, 0.1) is 41.5 Å².